The molecule has 0 saturated carbocycles. The average molecular weight is 399 g/mol. The Morgan fingerprint density at radius 2 is 1.60 bits per heavy atom. The number of nitrogens with zero attached hydrogens (tertiary/aromatic N) is 3. The third-order valence-corrected chi connectivity index (χ3v) is 4.84. The van der Waals surface area contributed by atoms with Gasteiger partial charge in [0.15, 0.2) is 0 Å². The number of fused-ring (bicyclic) bond motifs is 2. The Bertz CT molecular complexity index is 1310. The number of carbonyl (C=O) groups excluding carboxylic acids is 3. The summed E-state index contributed by atoms with van der Waals surface area (Å²) in [5.41, 5.74) is 2.27. The molecule has 2 aromatic heterocycles. The Morgan fingerprint density at radius 3 is 2.27 bits per heavy atom. The lowest BCUT2D eigenvalue weighted by Gasteiger charge is -2.13. The van der Waals surface area contributed by atoms with Gasteiger partial charge < -0.3 is 9.36 Å². The zero-order chi connectivity index (χ0) is 20.8. The van der Waals surface area contributed by atoms with E-state index in [2.05, 4.69) is 10.1 Å². The van der Waals surface area contributed by atoms with Crippen LogP contribution in [0.3, 0.4) is 0 Å². The van der Waals surface area contributed by atoms with E-state index in [0.717, 1.165) is 5.56 Å². The van der Waals surface area contributed by atoms with Gasteiger partial charge in [-0.05, 0) is 25.1 Å². The number of hydrogen-bond acceptors (Lipinski definition) is 7. The molecule has 1 aliphatic heterocycles. The standard InChI is InChI=1S/C22H13N3O5/c1-12-18-16(11-17(23-19(18)29-24-12)13-7-3-2-4-8-13)22(28)30-25-20(26)14-9-5-6-10-15(14)21(25)27/h2-11H,1H3. The number of imide groups is 1. The van der Waals surface area contributed by atoms with Crippen molar-refractivity contribution in [1.29, 1.82) is 0 Å². The van der Waals surface area contributed by atoms with E-state index in [4.69, 9.17) is 9.36 Å². The van der Waals surface area contributed by atoms with E-state index in [1.807, 2.05) is 30.3 Å². The molecule has 0 radical (unpaired) electrons. The molecule has 0 atom stereocenters. The fourth-order valence-electron chi connectivity index (χ4n) is 3.39. The second-order valence-electron chi connectivity index (χ2n) is 6.70. The molecule has 8 nitrogen and oxygen atoms in total. The summed E-state index contributed by atoms with van der Waals surface area (Å²) in [7, 11) is 0. The average Bonchev–Trinajstić information content (AvgIpc) is 3.27. The minimum Gasteiger partial charge on any atom is -0.335 e. The lowest BCUT2D eigenvalue weighted by Crippen LogP contribution is -2.32. The quantitative estimate of drug-likeness (QED) is 0.485. The predicted molar refractivity (Wildman–Crippen MR) is 104 cm³/mol. The van der Waals surface area contributed by atoms with E-state index in [9.17, 15) is 14.4 Å². The highest BCUT2D eigenvalue weighted by Gasteiger charge is 2.39. The van der Waals surface area contributed by atoms with Crippen molar-refractivity contribution < 1.29 is 23.7 Å². The normalized spacial score (nSPS) is 13.0. The van der Waals surface area contributed by atoms with Crippen LogP contribution in [0.15, 0.2) is 65.2 Å². The van der Waals surface area contributed by atoms with E-state index in [0.29, 0.717) is 21.8 Å². The van der Waals surface area contributed by atoms with Crippen LogP contribution in [0.25, 0.3) is 22.4 Å². The van der Waals surface area contributed by atoms with Gasteiger partial charge in [0.1, 0.15) is 0 Å². The van der Waals surface area contributed by atoms with Gasteiger partial charge in [0.2, 0.25) is 0 Å². The summed E-state index contributed by atoms with van der Waals surface area (Å²) in [6.07, 6.45) is 0. The molecule has 0 N–H and O–H groups in total. The first-order valence-corrected chi connectivity index (χ1v) is 9.07. The molecule has 0 fully saturated rings. The van der Waals surface area contributed by atoms with Crippen LogP contribution < -0.4 is 0 Å². The van der Waals surface area contributed by atoms with E-state index in [1.54, 1.807) is 19.1 Å². The number of aryl methyl sites for hydroxylation is 1. The van der Waals surface area contributed by atoms with Crippen molar-refractivity contribution in [2.45, 2.75) is 6.92 Å². The molecule has 2 amide bonds. The Labute approximate surface area is 169 Å². The molecule has 1 aliphatic rings. The second kappa shape index (κ2) is 6.63. The smallest absolute Gasteiger partial charge is 0.335 e. The van der Waals surface area contributed by atoms with Crippen molar-refractivity contribution in [3.63, 3.8) is 0 Å². The maximum atomic E-state index is 13.0. The van der Waals surface area contributed by atoms with Crippen molar-refractivity contribution in [3.8, 4) is 11.3 Å². The summed E-state index contributed by atoms with van der Waals surface area (Å²) in [6, 6.07) is 17.0. The number of hydroxylamine groups is 2. The third kappa shape index (κ3) is 2.66. The Kier molecular flexibility index (Phi) is 3.92. The van der Waals surface area contributed by atoms with Crippen molar-refractivity contribution in [1.82, 2.24) is 15.2 Å². The predicted octanol–water partition coefficient (Wildman–Crippen LogP) is 3.57. The lowest BCUT2D eigenvalue weighted by molar-refractivity contribution is -0.0583. The highest BCUT2D eigenvalue weighted by atomic mass is 16.7. The van der Waals surface area contributed by atoms with Crippen LogP contribution >= 0.6 is 0 Å². The van der Waals surface area contributed by atoms with Gasteiger partial charge in [0, 0.05) is 5.56 Å². The van der Waals surface area contributed by atoms with Crippen LogP contribution in [-0.2, 0) is 4.84 Å². The van der Waals surface area contributed by atoms with E-state index >= 15 is 0 Å². The molecule has 0 saturated heterocycles. The largest absolute Gasteiger partial charge is 0.364 e. The first kappa shape index (κ1) is 17.7. The molecule has 3 heterocycles. The molecule has 8 heteroatoms. The van der Waals surface area contributed by atoms with Gasteiger partial charge in [-0.15, -0.1) is 0 Å². The van der Waals surface area contributed by atoms with Crippen molar-refractivity contribution in [3.05, 3.63) is 83.0 Å². The van der Waals surface area contributed by atoms with Gasteiger partial charge >= 0.3 is 5.97 Å². The highest BCUT2D eigenvalue weighted by molar-refractivity contribution is 6.21. The molecule has 0 spiro atoms. The summed E-state index contributed by atoms with van der Waals surface area (Å²) in [4.78, 5) is 47.7. The van der Waals surface area contributed by atoms with Gasteiger partial charge in [-0.1, -0.05) is 52.7 Å². The summed E-state index contributed by atoms with van der Waals surface area (Å²) < 4.78 is 5.25. The maximum absolute atomic E-state index is 13.0. The maximum Gasteiger partial charge on any atom is 0.364 e. The van der Waals surface area contributed by atoms with E-state index < -0.39 is 17.8 Å². The summed E-state index contributed by atoms with van der Waals surface area (Å²) >= 11 is 0. The fraction of sp³-hybridized carbons (Fsp3) is 0.0455. The number of pyridine rings is 1. The minimum absolute atomic E-state index is 0.0918. The first-order valence-electron chi connectivity index (χ1n) is 9.07. The lowest BCUT2D eigenvalue weighted by atomic mass is 10.1. The van der Waals surface area contributed by atoms with Crippen molar-refractivity contribution in [2.75, 3.05) is 0 Å². The highest BCUT2D eigenvalue weighted by Crippen LogP contribution is 2.29. The van der Waals surface area contributed by atoms with Gasteiger partial charge in [-0.2, -0.15) is 0 Å². The molecule has 5 rings (SSSR count). The Hall–Kier alpha value is -4.33. The van der Waals surface area contributed by atoms with Gasteiger partial charge in [-0.25, -0.2) is 9.78 Å². The number of benzene rings is 2. The fourth-order valence-corrected chi connectivity index (χ4v) is 3.39. The third-order valence-electron chi connectivity index (χ3n) is 4.84. The van der Waals surface area contributed by atoms with Crippen LogP contribution in [0.2, 0.25) is 0 Å². The number of rotatable bonds is 3. The molecular formula is C22H13N3O5. The second-order valence-corrected chi connectivity index (χ2v) is 6.70. The Morgan fingerprint density at radius 1 is 0.967 bits per heavy atom. The summed E-state index contributed by atoms with van der Waals surface area (Å²) in [5.74, 6) is -2.28. The molecule has 4 aromatic rings. The molecule has 0 unspecified atom stereocenters. The van der Waals surface area contributed by atoms with Gasteiger partial charge in [-0.3, -0.25) is 9.59 Å². The number of hydrogen-bond donors (Lipinski definition) is 0. The SMILES string of the molecule is Cc1noc2nc(-c3ccccc3)cc(C(=O)ON3C(=O)c4ccccc4C3=O)c12. The first-order chi connectivity index (χ1) is 14.5. The van der Waals surface area contributed by atoms with Crippen LogP contribution in [0.5, 0.6) is 0 Å². The number of carbonyl (C=O) groups is 3. The van der Waals surface area contributed by atoms with Crippen LogP contribution in [0.4, 0.5) is 0 Å². The zero-order valence-corrected chi connectivity index (χ0v) is 15.7. The molecule has 0 aliphatic carbocycles. The topological polar surface area (TPSA) is 103 Å². The van der Waals surface area contributed by atoms with Crippen molar-refractivity contribution >= 4 is 28.9 Å². The zero-order valence-electron chi connectivity index (χ0n) is 15.7. The number of aromatic nitrogens is 2. The molecular weight excluding hydrogens is 386 g/mol. The van der Waals surface area contributed by atoms with Crippen LogP contribution in [-0.4, -0.2) is 33.0 Å². The van der Waals surface area contributed by atoms with Crippen LogP contribution in [0, 0.1) is 6.92 Å². The molecule has 0 bridgehead atoms. The number of amides is 2. The van der Waals surface area contributed by atoms with Gasteiger partial charge in [0.05, 0.1) is 33.5 Å². The van der Waals surface area contributed by atoms with E-state index in [1.165, 1.54) is 18.2 Å². The molecule has 30 heavy (non-hydrogen) atoms. The van der Waals surface area contributed by atoms with Crippen LogP contribution in [0.1, 0.15) is 36.8 Å². The monoisotopic (exact) mass is 399 g/mol. The van der Waals surface area contributed by atoms with Crippen molar-refractivity contribution in [2.24, 2.45) is 0 Å². The van der Waals surface area contributed by atoms with Gasteiger partial charge in [0.25, 0.3) is 17.5 Å². The molecule has 2 aromatic carbocycles. The van der Waals surface area contributed by atoms with E-state index in [-0.39, 0.29) is 22.4 Å². The summed E-state index contributed by atoms with van der Waals surface area (Å²) in [5, 5.41) is 4.71. The Balaban J connectivity index is 1.56. The minimum atomic E-state index is -0.889. The molecule has 146 valence electrons. The summed E-state index contributed by atoms with van der Waals surface area (Å²) in [6.45, 7) is 1.66.